The van der Waals surface area contributed by atoms with Gasteiger partial charge in [0.25, 0.3) is 11.5 Å². The molecule has 7 heteroatoms. The lowest BCUT2D eigenvalue weighted by Gasteiger charge is -2.29. The number of carbonyl (C=O) groups is 2. The fourth-order valence-corrected chi connectivity index (χ4v) is 4.37. The summed E-state index contributed by atoms with van der Waals surface area (Å²) in [6.07, 6.45) is 1.07. The molecule has 1 aliphatic heterocycles. The van der Waals surface area contributed by atoms with Crippen molar-refractivity contribution in [1.29, 1.82) is 0 Å². The Bertz CT molecular complexity index is 1150. The summed E-state index contributed by atoms with van der Waals surface area (Å²) in [4.78, 5) is 39.2. The molecule has 7 nitrogen and oxygen atoms in total. The van der Waals surface area contributed by atoms with Crippen molar-refractivity contribution in [2.45, 2.75) is 19.8 Å². The number of hydrogen-bond acceptors (Lipinski definition) is 4. The van der Waals surface area contributed by atoms with Crippen LogP contribution in [0, 0.1) is 5.41 Å². The first-order chi connectivity index (χ1) is 15.5. The minimum absolute atomic E-state index is 0.0485. The zero-order valence-corrected chi connectivity index (χ0v) is 18.0. The van der Waals surface area contributed by atoms with E-state index in [9.17, 15) is 14.4 Å². The summed E-state index contributed by atoms with van der Waals surface area (Å²) in [6, 6.07) is 20.9. The Labute approximate surface area is 186 Å². The molecular weight excluding hydrogens is 404 g/mol. The van der Waals surface area contributed by atoms with E-state index in [0.717, 1.165) is 16.7 Å². The van der Waals surface area contributed by atoms with Crippen LogP contribution in [-0.2, 0) is 11.2 Å². The van der Waals surface area contributed by atoms with Gasteiger partial charge in [0.1, 0.15) is 5.69 Å². The SMILES string of the molecule is CCNC(=O)[C@@]1(Cc2ccccc2-c2ccccc2)CCN(C(=O)c2ccc(=O)[nH]n2)C1. The van der Waals surface area contributed by atoms with Crippen molar-refractivity contribution >= 4 is 11.8 Å². The Morgan fingerprint density at radius 3 is 2.53 bits per heavy atom. The van der Waals surface area contributed by atoms with E-state index in [1.807, 2.05) is 37.3 Å². The Kier molecular flexibility index (Phi) is 6.16. The van der Waals surface area contributed by atoms with Crippen LogP contribution in [0.1, 0.15) is 29.4 Å². The summed E-state index contributed by atoms with van der Waals surface area (Å²) >= 11 is 0. The van der Waals surface area contributed by atoms with Gasteiger partial charge >= 0.3 is 0 Å². The molecule has 2 N–H and O–H groups in total. The average Bonchev–Trinajstić information content (AvgIpc) is 3.25. The monoisotopic (exact) mass is 430 g/mol. The number of H-pyrrole nitrogens is 1. The second-order valence-corrected chi connectivity index (χ2v) is 8.12. The topological polar surface area (TPSA) is 95.2 Å². The van der Waals surface area contributed by atoms with Crippen LogP contribution in [0.2, 0.25) is 0 Å². The van der Waals surface area contributed by atoms with Gasteiger partial charge in [0.2, 0.25) is 5.91 Å². The first-order valence-electron chi connectivity index (χ1n) is 10.8. The number of rotatable bonds is 6. The molecule has 1 aromatic heterocycles. The maximum atomic E-state index is 13.3. The van der Waals surface area contributed by atoms with E-state index >= 15 is 0 Å². The summed E-state index contributed by atoms with van der Waals surface area (Å²) in [6.45, 7) is 3.16. The highest BCUT2D eigenvalue weighted by atomic mass is 16.2. The molecule has 0 unspecified atom stereocenters. The van der Waals surface area contributed by atoms with Crippen LogP contribution in [0.3, 0.4) is 0 Å². The quantitative estimate of drug-likeness (QED) is 0.629. The van der Waals surface area contributed by atoms with Gasteiger partial charge < -0.3 is 10.2 Å². The molecule has 1 saturated heterocycles. The van der Waals surface area contributed by atoms with E-state index in [1.54, 1.807) is 4.90 Å². The highest BCUT2D eigenvalue weighted by molar-refractivity contribution is 5.93. The van der Waals surface area contributed by atoms with Crippen molar-refractivity contribution in [3.63, 3.8) is 0 Å². The number of aromatic amines is 1. The highest BCUT2D eigenvalue weighted by Gasteiger charge is 2.46. The lowest BCUT2D eigenvalue weighted by Crippen LogP contribution is -2.45. The van der Waals surface area contributed by atoms with Crippen LogP contribution in [0.15, 0.2) is 71.5 Å². The summed E-state index contributed by atoms with van der Waals surface area (Å²) in [7, 11) is 0. The molecule has 1 aliphatic rings. The van der Waals surface area contributed by atoms with Crippen molar-refractivity contribution in [2.24, 2.45) is 5.41 Å². The lowest BCUT2D eigenvalue weighted by atomic mass is 9.78. The molecule has 2 heterocycles. The van der Waals surface area contributed by atoms with Crippen molar-refractivity contribution in [1.82, 2.24) is 20.4 Å². The van der Waals surface area contributed by atoms with Gasteiger partial charge in [-0.2, -0.15) is 5.10 Å². The minimum Gasteiger partial charge on any atom is -0.356 e. The third-order valence-electron chi connectivity index (χ3n) is 5.99. The molecule has 0 spiro atoms. The van der Waals surface area contributed by atoms with Gasteiger partial charge in [-0.15, -0.1) is 0 Å². The number of likely N-dealkylation sites (tertiary alicyclic amines) is 1. The van der Waals surface area contributed by atoms with Crippen molar-refractivity contribution < 1.29 is 9.59 Å². The molecule has 4 rings (SSSR count). The number of nitrogens with one attached hydrogen (secondary N) is 2. The standard InChI is InChI=1S/C25H26N4O3/c1-2-26-24(32)25(14-15-29(17-25)23(31)21-12-13-22(30)28-27-21)16-19-10-6-7-11-20(19)18-8-4-3-5-9-18/h3-13H,2,14-17H2,1H3,(H,26,32)(H,28,30)/t25-/m1/s1. The predicted molar refractivity (Wildman–Crippen MR) is 122 cm³/mol. The van der Waals surface area contributed by atoms with Crippen molar-refractivity contribution in [3.8, 4) is 11.1 Å². The van der Waals surface area contributed by atoms with E-state index < -0.39 is 5.41 Å². The molecule has 0 bridgehead atoms. The lowest BCUT2D eigenvalue weighted by molar-refractivity contribution is -0.130. The molecule has 2 amide bonds. The normalized spacial score (nSPS) is 17.8. The van der Waals surface area contributed by atoms with Gasteiger partial charge in [-0.25, -0.2) is 5.10 Å². The molecule has 1 fully saturated rings. The Balaban J connectivity index is 1.65. The fourth-order valence-electron chi connectivity index (χ4n) is 4.37. The second-order valence-electron chi connectivity index (χ2n) is 8.12. The van der Waals surface area contributed by atoms with Gasteiger partial charge in [-0.1, -0.05) is 54.6 Å². The van der Waals surface area contributed by atoms with Gasteiger partial charge in [-0.3, -0.25) is 14.4 Å². The van der Waals surface area contributed by atoms with Crippen LogP contribution in [-0.4, -0.2) is 46.5 Å². The molecular formula is C25H26N4O3. The maximum Gasteiger partial charge on any atom is 0.274 e. The van der Waals surface area contributed by atoms with Crippen LogP contribution in [0.5, 0.6) is 0 Å². The van der Waals surface area contributed by atoms with Gasteiger partial charge in [0.05, 0.1) is 5.41 Å². The summed E-state index contributed by atoms with van der Waals surface area (Å²) in [5, 5.41) is 9.14. The molecule has 1 atom stereocenters. The predicted octanol–water partition coefficient (Wildman–Crippen LogP) is 2.65. The van der Waals surface area contributed by atoms with Gasteiger partial charge in [0.15, 0.2) is 0 Å². The zero-order valence-electron chi connectivity index (χ0n) is 18.0. The van der Waals surface area contributed by atoms with Crippen LogP contribution >= 0.6 is 0 Å². The first kappa shape index (κ1) is 21.5. The molecule has 164 valence electrons. The van der Waals surface area contributed by atoms with E-state index in [4.69, 9.17) is 0 Å². The van der Waals surface area contributed by atoms with Crippen LogP contribution < -0.4 is 10.9 Å². The van der Waals surface area contributed by atoms with Crippen molar-refractivity contribution in [3.05, 3.63) is 88.3 Å². The molecule has 0 aliphatic carbocycles. The Hall–Kier alpha value is -3.74. The minimum atomic E-state index is -0.737. The largest absolute Gasteiger partial charge is 0.356 e. The summed E-state index contributed by atoms with van der Waals surface area (Å²) in [5.41, 5.74) is 2.32. The molecule has 0 radical (unpaired) electrons. The molecule has 32 heavy (non-hydrogen) atoms. The third kappa shape index (κ3) is 4.32. The van der Waals surface area contributed by atoms with E-state index in [1.165, 1.54) is 12.1 Å². The van der Waals surface area contributed by atoms with Gasteiger partial charge in [-0.05, 0) is 42.5 Å². The number of hydrogen-bond donors (Lipinski definition) is 2. The number of amides is 2. The Morgan fingerprint density at radius 2 is 1.81 bits per heavy atom. The smallest absolute Gasteiger partial charge is 0.274 e. The summed E-state index contributed by atoms with van der Waals surface area (Å²) < 4.78 is 0. The molecule has 2 aromatic carbocycles. The maximum absolute atomic E-state index is 13.3. The second kappa shape index (κ2) is 9.18. The van der Waals surface area contributed by atoms with Crippen LogP contribution in [0.4, 0.5) is 0 Å². The van der Waals surface area contributed by atoms with E-state index in [0.29, 0.717) is 32.5 Å². The molecule has 0 saturated carbocycles. The zero-order chi connectivity index (χ0) is 22.6. The van der Waals surface area contributed by atoms with Gasteiger partial charge in [0, 0.05) is 25.7 Å². The number of nitrogens with zero attached hydrogens (tertiary/aromatic N) is 2. The van der Waals surface area contributed by atoms with E-state index in [-0.39, 0.29) is 23.1 Å². The number of aromatic nitrogens is 2. The Morgan fingerprint density at radius 1 is 1.06 bits per heavy atom. The average molecular weight is 431 g/mol. The highest BCUT2D eigenvalue weighted by Crippen LogP contribution is 2.38. The van der Waals surface area contributed by atoms with E-state index in [2.05, 4.69) is 39.8 Å². The van der Waals surface area contributed by atoms with Crippen molar-refractivity contribution in [2.75, 3.05) is 19.6 Å². The van der Waals surface area contributed by atoms with Crippen LogP contribution in [0.25, 0.3) is 11.1 Å². The number of carbonyl (C=O) groups excluding carboxylic acids is 2. The fraction of sp³-hybridized carbons (Fsp3) is 0.280. The summed E-state index contributed by atoms with van der Waals surface area (Å²) in [5.74, 6) is -0.337. The molecule has 3 aromatic rings. The first-order valence-corrected chi connectivity index (χ1v) is 10.8. The third-order valence-corrected chi connectivity index (χ3v) is 5.99. The number of benzene rings is 2.